The van der Waals surface area contributed by atoms with Crippen molar-refractivity contribution in [3.8, 4) is 100 Å². The molecule has 4 aromatic heterocycles. The van der Waals surface area contributed by atoms with Crippen LogP contribution < -0.4 is 10.2 Å². The first kappa shape index (κ1) is 74.7. The van der Waals surface area contributed by atoms with Crippen molar-refractivity contribution in [1.29, 1.82) is 0 Å². The molecule has 0 bridgehead atoms. The Hall–Kier alpha value is -17.1. The van der Waals surface area contributed by atoms with Gasteiger partial charge in [-0.25, -0.2) is 0 Å². The van der Waals surface area contributed by atoms with Crippen LogP contribution in [0.1, 0.15) is 0 Å². The zero-order valence-corrected chi connectivity index (χ0v) is 69.8. The molecule has 0 spiro atoms. The van der Waals surface area contributed by atoms with E-state index in [1.54, 1.807) is 0 Å². The van der Waals surface area contributed by atoms with E-state index in [2.05, 4.69) is 474 Å². The summed E-state index contributed by atoms with van der Waals surface area (Å²) in [6.07, 6.45) is 0. The molecular weight excluding hydrogens is 1550 g/mol. The average Bonchev–Trinajstić information content (AvgIpc) is 1.61. The summed E-state index contributed by atoms with van der Waals surface area (Å²) in [5.74, 6) is 0. The van der Waals surface area contributed by atoms with Gasteiger partial charge < -0.3 is 28.2 Å². The monoisotopic (exact) mass is 1630 g/mol. The number of para-hydroxylation sites is 10. The molecule has 21 aromatic carbocycles. The Labute approximate surface area is 740 Å². The molecule has 0 saturated heterocycles. The van der Waals surface area contributed by atoms with Crippen LogP contribution in [0.3, 0.4) is 0 Å². The first-order valence-electron chi connectivity index (χ1n) is 43.8. The van der Waals surface area contributed by atoms with E-state index >= 15 is 0 Å². The standard InChI is InChI=1S/C62H40N2O.C60H40N2O/c1-2-13-50-42(12-1)24-25-46-40-45(32-39-51(46)50)41-26-33-47(34-27-41)63(49-37-30-44(31-38-49)53-18-11-19-57-56-17-6-10-23-61(56)65-62(53)57)48-35-28-43(29-36-48)52-14-3-7-20-58(52)64-59-21-8-4-15-54(59)55-16-5-9-22-60(55)64;1-2-17-40(18-3-1)44-19-4-5-21-47(44)48-22-6-7-23-49(48)54-39-42(46-27-16-28-53-52-26-11-15-32-59(52)63-60(46)53)35-38-55(54)61-43-36-33-41(34-37-43)45-20-8-12-29-56(45)62-57-30-13-9-24-50(57)51-25-10-14-31-58(51)62/h1-40H;1-39,61H. The highest BCUT2D eigenvalue weighted by molar-refractivity contribution is 6.15. The molecule has 4 heterocycles. The molecular formula is C122H80N4O2. The zero-order chi connectivity index (χ0) is 84.5. The molecule has 0 aliphatic rings. The number of rotatable bonds is 15. The normalized spacial score (nSPS) is 11.6. The molecule has 25 rings (SSSR count). The maximum absolute atomic E-state index is 6.57. The van der Waals surface area contributed by atoms with Crippen LogP contribution in [-0.4, -0.2) is 9.13 Å². The third kappa shape index (κ3) is 13.1. The van der Waals surface area contributed by atoms with E-state index in [4.69, 9.17) is 8.83 Å². The van der Waals surface area contributed by atoms with Crippen LogP contribution in [0.15, 0.2) is 488 Å². The molecule has 0 atom stereocenters. The molecule has 6 nitrogen and oxygen atoms in total. The van der Waals surface area contributed by atoms with Gasteiger partial charge in [0.05, 0.1) is 33.4 Å². The van der Waals surface area contributed by atoms with Crippen molar-refractivity contribution in [1.82, 2.24) is 9.13 Å². The minimum absolute atomic E-state index is 0.891. The number of benzene rings is 21. The average molecular weight is 1630 g/mol. The fourth-order valence-corrected chi connectivity index (χ4v) is 19.6. The summed E-state index contributed by atoms with van der Waals surface area (Å²) in [6, 6.07) is 172. The third-order valence-electron chi connectivity index (χ3n) is 25.7. The van der Waals surface area contributed by atoms with Crippen molar-refractivity contribution in [2.45, 2.75) is 0 Å². The second-order valence-corrected chi connectivity index (χ2v) is 33.0. The summed E-state index contributed by atoms with van der Waals surface area (Å²) in [7, 11) is 0. The number of nitrogens with zero attached hydrogens (tertiary/aromatic N) is 3. The van der Waals surface area contributed by atoms with Crippen molar-refractivity contribution >= 4 is 137 Å². The minimum Gasteiger partial charge on any atom is -0.455 e. The highest BCUT2D eigenvalue weighted by Gasteiger charge is 2.24. The van der Waals surface area contributed by atoms with Gasteiger partial charge >= 0.3 is 0 Å². The fraction of sp³-hybridized carbons (Fsp3) is 0. The van der Waals surface area contributed by atoms with E-state index < -0.39 is 0 Å². The van der Waals surface area contributed by atoms with Gasteiger partial charge in [0, 0.05) is 99.3 Å². The lowest BCUT2D eigenvalue weighted by atomic mass is 9.88. The molecule has 0 saturated carbocycles. The van der Waals surface area contributed by atoms with Gasteiger partial charge in [-0.2, -0.15) is 0 Å². The largest absolute Gasteiger partial charge is 0.455 e. The lowest BCUT2D eigenvalue weighted by Crippen LogP contribution is -2.09. The van der Waals surface area contributed by atoms with E-state index in [9.17, 15) is 0 Å². The van der Waals surface area contributed by atoms with E-state index in [1.165, 1.54) is 104 Å². The van der Waals surface area contributed by atoms with Crippen LogP contribution in [0.4, 0.5) is 28.4 Å². The Bertz CT molecular complexity index is 8480. The zero-order valence-electron chi connectivity index (χ0n) is 69.8. The fourth-order valence-electron chi connectivity index (χ4n) is 19.6. The van der Waals surface area contributed by atoms with E-state index in [0.29, 0.717) is 0 Å². The number of fused-ring (bicyclic) bond motifs is 15. The van der Waals surface area contributed by atoms with Crippen molar-refractivity contribution < 1.29 is 8.83 Å². The predicted molar refractivity (Wildman–Crippen MR) is 539 cm³/mol. The lowest BCUT2D eigenvalue weighted by Gasteiger charge is -2.26. The van der Waals surface area contributed by atoms with Gasteiger partial charge in [0.1, 0.15) is 22.3 Å². The molecule has 6 heteroatoms. The molecule has 0 unspecified atom stereocenters. The van der Waals surface area contributed by atoms with Gasteiger partial charge in [-0.15, -0.1) is 0 Å². The number of hydrogen-bond acceptors (Lipinski definition) is 4. The van der Waals surface area contributed by atoms with Crippen LogP contribution >= 0.6 is 0 Å². The maximum Gasteiger partial charge on any atom is 0.143 e. The Balaban J connectivity index is 0.000000143. The van der Waals surface area contributed by atoms with Crippen LogP contribution in [0.2, 0.25) is 0 Å². The number of nitrogens with one attached hydrogen (secondary N) is 1. The van der Waals surface area contributed by atoms with Gasteiger partial charge in [0.25, 0.3) is 0 Å². The summed E-state index contributed by atoms with van der Waals surface area (Å²) in [5, 5.41) is 18.4. The topological polar surface area (TPSA) is 51.4 Å². The number of hydrogen-bond donors (Lipinski definition) is 1. The van der Waals surface area contributed by atoms with Crippen LogP contribution in [-0.2, 0) is 0 Å². The molecule has 600 valence electrons. The highest BCUT2D eigenvalue weighted by Crippen LogP contribution is 2.48. The smallest absolute Gasteiger partial charge is 0.143 e. The SMILES string of the molecule is c1ccc(-c2ccccc2-c2ccccc2-c2cc(-c3cccc4c3oc3ccccc34)ccc2Nc2ccc(-c3ccccc3-n3c4ccccc4c4ccccc43)cc2)cc1.c1ccc(-n2c3ccccc3c3ccccc32)c(-c2ccc(N(c3ccc(-c4ccc5c(ccc6ccccc65)c4)cc3)c3ccc(-c4cccc5c4oc4ccccc45)cc3)cc2)c1. The Kier molecular flexibility index (Phi) is 18.5. The van der Waals surface area contributed by atoms with Crippen molar-refractivity contribution in [2.24, 2.45) is 0 Å². The van der Waals surface area contributed by atoms with Crippen LogP contribution in [0.25, 0.3) is 209 Å². The first-order valence-corrected chi connectivity index (χ1v) is 43.8. The number of furan rings is 2. The van der Waals surface area contributed by atoms with Crippen molar-refractivity contribution in [2.75, 3.05) is 10.2 Å². The van der Waals surface area contributed by atoms with Gasteiger partial charge in [-0.3, -0.25) is 0 Å². The highest BCUT2D eigenvalue weighted by atomic mass is 16.3. The minimum atomic E-state index is 0.891. The van der Waals surface area contributed by atoms with Crippen molar-refractivity contribution in [3.05, 3.63) is 479 Å². The van der Waals surface area contributed by atoms with E-state index in [1.807, 2.05) is 24.3 Å². The summed E-state index contributed by atoms with van der Waals surface area (Å²) < 4.78 is 17.8. The summed E-state index contributed by atoms with van der Waals surface area (Å²) in [4.78, 5) is 2.35. The van der Waals surface area contributed by atoms with E-state index in [-0.39, 0.29) is 0 Å². The molecule has 0 aliphatic carbocycles. The lowest BCUT2D eigenvalue weighted by molar-refractivity contribution is 0.669. The van der Waals surface area contributed by atoms with Gasteiger partial charge in [-0.1, -0.05) is 364 Å². The molecule has 128 heavy (non-hydrogen) atoms. The summed E-state index contributed by atoms with van der Waals surface area (Å²) >= 11 is 0. The van der Waals surface area contributed by atoms with E-state index in [0.717, 1.165) is 134 Å². The van der Waals surface area contributed by atoms with Crippen molar-refractivity contribution in [3.63, 3.8) is 0 Å². The molecule has 0 amide bonds. The predicted octanol–water partition coefficient (Wildman–Crippen LogP) is 34.2. The Morgan fingerprint density at radius 2 is 0.531 bits per heavy atom. The second-order valence-electron chi connectivity index (χ2n) is 33.0. The van der Waals surface area contributed by atoms with Gasteiger partial charge in [0.15, 0.2) is 0 Å². The summed E-state index contributed by atoms with van der Waals surface area (Å²) in [6.45, 7) is 0. The molecule has 0 radical (unpaired) electrons. The first-order chi connectivity index (χ1) is 63.5. The second kappa shape index (κ2) is 31.7. The number of anilines is 5. The van der Waals surface area contributed by atoms with Crippen LogP contribution in [0, 0.1) is 0 Å². The molecule has 1 N–H and O–H groups in total. The summed E-state index contributed by atoms with van der Waals surface area (Å²) in [5.41, 5.74) is 34.2. The third-order valence-corrected chi connectivity index (χ3v) is 25.7. The molecule has 0 aliphatic heterocycles. The van der Waals surface area contributed by atoms with Crippen LogP contribution in [0.5, 0.6) is 0 Å². The van der Waals surface area contributed by atoms with Gasteiger partial charge in [-0.05, 0) is 198 Å². The number of aromatic nitrogens is 2. The maximum atomic E-state index is 6.57. The quantitative estimate of drug-likeness (QED) is 0.104. The van der Waals surface area contributed by atoms with Gasteiger partial charge in [0.2, 0.25) is 0 Å². The Morgan fingerprint density at radius 1 is 0.188 bits per heavy atom. The Morgan fingerprint density at radius 3 is 1.05 bits per heavy atom. The molecule has 25 aromatic rings. The molecule has 0 fully saturated rings.